The van der Waals surface area contributed by atoms with Crippen LogP contribution >= 0.6 is 24.0 Å². The molecule has 0 spiro atoms. The van der Waals surface area contributed by atoms with E-state index in [1.807, 2.05) is 4.90 Å². The Labute approximate surface area is 179 Å². The Bertz CT molecular complexity index is 608. The minimum atomic E-state index is -0.257. The van der Waals surface area contributed by atoms with Crippen molar-refractivity contribution < 1.29 is 4.39 Å². The summed E-state index contributed by atoms with van der Waals surface area (Å²) in [5.74, 6) is 1.02. The molecule has 2 saturated heterocycles. The van der Waals surface area contributed by atoms with E-state index in [-0.39, 0.29) is 35.8 Å². The van der Waals surface area contributed by atoms with Gasteiger partial charge in [-0.1, -0.05) is 6.92 Å². The summed E-state index contributed by atoms with van der Waals surface area (Å²) in [5, 5.41) is 6.96. The van der Waals surface area contributed by atoms with Crippen LogP contribution in [0.5, 0.6) is 0 Å². The lowest BCUT2D eigenvalue weighted by molar-refractivity contribution is 0.236. The summed E-state index contributed by atoms with van der Waals surface area (Å²) in [6.45, 7) is 7.10. The number of hydrogen-bond donors (Lipinski definition) is 2. The summed E-state index contributed by atoms with van der Waals surface area (Å²) in [4.78, 5) is 13.1. The maximum Gasteiger partial charge on any atom is 0.191 e. The molecule has 0 aliphatic carbocycles. The van der Waals surface area contributed by atoms with E-state index in [0.29, 0.717) is 11.9 Å². The molecule has 2 N–H and O–H groups in total. The van der Waals surface area contributed by atoms with Crippen LogP contribution < -0.4 is 15.5 Å². The third kappa shape index (κ3) is 5.91. The zero-order valence-corrected chi connectivity index (χ0v) is 18.7. The van der Waals surface area contributed by atoms with Crippen molar-refractivity contribution in [3.63, 3.8) is 0 Å². The predicted molar refractivity (Wildman–Crippen MR) is 120 cm³/mol. The summed E-state index contributed by atoms with van der Waals surface area (Å²) < 4.78 is 13.9. The molecule has 152 valence electrons. The molecule has 27 heavy (non-hydrogen) atoms. The molecular formula is C19H32FIN6. The second-order valence-corrected chi connectivity index (χ2v) is 7.14. The highest BCUT2D eigenvalue weighted by atomic mass is 127. The van der Waals surface area contributed by atoms with Gasteiger partial charge in [0.05, 0.1) is 0 Å². The molecule has 8 heteroatoms. The molecule has 0 radical (unpaired) electrons. The number of hydrogen-bond acceptors (Lipinski definition) is 4. The lowest BCUT2D eigenvalue weighted by atomic mass is 10.2. The van der Waals surface area contributed by atoms with Crippen molar-refractivity contribution in [2.24, 2.45) is 4.99 Å². The molecule has 1 aromatic rings. The van der Waals surface area contributed by atoms with Gasteiger partial charge < -0.3 is 15.5 Å². The topological polar surface area (TPSA) is 55.8 Å². The van der Waals surface area contributed by atoms with E-state index in [2.05, 4.69) is 32.4 Å². The van der Waals surface area contributed by atoms with Crippen molar-refractivity contribution in [1.29, 1.82) is 0 Å². The second kappa shape index (κ2) is 11.0. The van der Waals surface area contributed by atoms with E-state index in [0.717, 1.165) is 38.4 Å². The predicted octanol–water partition coefficient (Wildman–Crippen LogP) is 2.46. The molecule has 0 bridgehead atoms. The second-order valence-electron chi connectivity index (χ2n) is 7.14. The number of guanidine groups is 1. The molecule has 3 heterocycles. The third-order valence-corrected chi connectivity index (χ3v) is 5.42. The Kier molecular flexibility index (Phi) is 9.01. The first-order valence-electron chi connectivity index (χ1n) is 9.78. The van der Waals surface area contributed by atoms with Gasteiger partial charge in [0.15, 0.2) is 17.6 Å². The zero-order chi connectivity index (χ0) is 18.4. The minimum Gasteiger partial charge on any atom is -0.355 e. The van der Waals surface area contributed by atoms with Gasteiger partial charge in [-0.3, -0.25) is 9.89 Å². The molecule has 0 aromatic carbocycles. The van der Waals surface area contributed by atoms with Gasteiger partial charge in [0.2, 0.25) is 0 Å². The largest absolute Gasteiger partial charge is 0.355 e. The Morgan fingerprint density at radius 2 is 2.15 bits per heavy atom. The number of aliphatic imine (C=N–C) groups is 1. The molecule has 0 amide bonds. The van der Waals surface area contributed by atoms with E-state index in [4.69, 9.17) is 0 Å². The first-order valence-corrected chi connectivity index (χ1v) is 9.78. The minimum absolute atomic E-state index is 0. The van der Waals surface area contributed by atoms with E-state index >= 15 is 0 Å². The summed E-state index contributed by atoms with van der Waals surface area (Å²) in [6, 6.07) is 3.89. The fourth-order valence-electron chi connectivity index (χ4n) is 3.92. The summed E-state index contributed by atoms with van der Waals surface area (Å²) in [7, 11) is 1.80. The number of nitrogens with one attached hydrogen (secondary N) is 2. The number of halogens is 2. The van der Waals surface area contributed by atoms with E-state index in [1.54, 1.807) is 19.3 Å². The number of nitrogens with zero attached hydrogens (tertiary/aromatic N) is 4. The smallest absolute Gasteiger partial charge is 0.191 e. The van der Waals surface area contributed by atoms with Gasteiger partial charge >= 0.3 is 0 Å². The maximum atomic E-state index is 13.9. The standard InChI is InChI=1S/C19H31FN6.HI/c1-3-16(25-10-4-5-11-25)13-23-19(21-2)24-15-8-12-26(14-15)18-17(20)7-6-9-22-18;/h6-7,9,15-16H,3-5,8,10-14H2,1-2H3,(H2,21,23,24);1H. The lowest BCUT2D eigenvalue weighted by Crippen LogP contribution is -2.49. The van der Waals surface area contributed by atoms with Crippen molar-refractivity contribution >= 4 is 35.8 Å². The molecular weight excluding hydrogens is 458 g/mol. The van der Waals surface area contributed by atoms with Crippen LogP contribution in [0.3, 0.4) is 0 Å². The number of pyridine rings is 1. The van der Waals surface area contributed by atoms with Gasteiger partial charge in [0.25, 0.3) is 0 Å². The molecule has 2 unspecified atom stereocenters. The van der Waals surface area contributed by atoms with Gasteiger partial charge in [-0.25, -0.2) is 9.37 Å². The molecule has 6 nitrogen and oxygen atoms in total. The highest BCUT2D eigenvalue weighted by Crippen LogP contribution is 2.20. The maximum absolute atomic E-state index is 13.9. The zero-order valence-electron chi connectivity index (χ0n) is 16.3. The van der Waals surface area contributed by atoms with Crippen LogP contribution in [0.4, 0.5) is 10.2 Å². The molecule has 1 aromatic heterocycles. The van der Waals surface area contributed by atoms with Gasteiger partial charge in [-0.05, 0) is 50.9 Å². The Morgan fingerprint density at radius 1 is 1.37 bits per heavy atom. The lowest BCUT2D eigenvalue weighted by Gasteiger charge is -2.28. The van der Waals surface area contributed by atoms with Gasteiger partial charge in [0, 0.05) is 45.0 Å². The SMILES string of the molecule is CCC(CNC(=NC)NC1CCN(c2ncccc2F)C1)N1CCCC1.I. The normalized spacial score (nSPS) is 21.8. The number of rotatable bonds is 6. The summed E-state index contributed by atoms with van der Waals surface area (Å²) in [6.07, 6.45) is 6.35. The molecule has 2 aliphatic rings. The van der Waals surface area contributed by atoms with Crippen LogP contribution in [0.1, 0.15) is 32.6 Å². The van der Waals surface area contributed by atoms with E-state index < -0.39 is 0 Å². The Morgan fingerprint density at radius 3 is 2.81 bits per heavy atom. The van der Waals surface area contributed by atoms with Crippen molar-refractivity contribution in [2.75, 3.05) is 44.7 Å². The average Bonchev–Trinajstić information content (AvgIpc) is 3.34. The average molecular weight is 490 g/mol. The Balaban J connectivity index is 0.00000261. The summed E-state index contributed by atoms with van der Waals surface area (Å²) >= 11 is 0. The monoisotopic (exact) mass is 490 g/mol. The number of anilines is 1. The first-order chi connectivity index (χ1) is 12.7. The van der Waals surface area contributed by atoms with Crippen molar-refractivity contribution in [1.82, 2.24) is 20.5 Å². The molecule has 2 aliphatic heterocycles. The van der Waals surface area contributed by atoms with Crippen molar-refractivity contribution in [2.45, 2.75) is 44.7 Å². The van der Waals surface area contributed by atoms with Gasteiger partial charge in [0.1, 0.15) is 0 Å². The van der Waals surface area contributed by atoms with Crippen LogP contribution in [-0.2, 0) is 0 Å². The van der Waals surface area contributed by atoms with Crippen molar-refractivity contribution in [3.8, 4) is 0 Å². The molecule has 3 rings (SSSR count). The highest BCUT2D eigenvalue weighted by Gasteiger charge is 2.26. The van der Waals surface area contributed by atoms with Crippen LogP contribution in [0, 0.1) is 5.82 Å². The fourth-order valence-corrected chi connectivity index (χ4v) is 3.92. The molecule has 0 saturated carbocycles. The third-order valence-electron chi connectivity index (χ3n) is 5.42. The van der Waals surface area contributed by atoms with Crippen LogP contribution in [0.15, 0.2) is 23.3 Å². The van der Waals surface area contributed by atoms with Crippen LogP contribution in [0.25, 0.3) is 0 Å². The fraction of sp³-hybridized carbons (Fsp3) is 0.684. The molecule has 2 fully saturated rings. The number of aromatic nitrogens is 1. The molecule has 2 atom stereocenters. The first kappa shape index (κ1) is 22.1. The van der Waals surface area contributed by atoms with Gasteiger partial charge in [-0.2, -0.15) is 0 Å². The van der Waals surface area contributed by atoms with Crippen molar-refractivity contribution in [3.05, 3.63) is 24.1 Å². The summed E-state index contributed by atoms with van der Waals surface area (Å²) in [5.41, 5.74) is 0. The number of likely N-dealkylation sites (tertiary alicyclic amines) is 1. The van der Waals surface area contributed by atoms with Crippen LogP contribution in [0.2, 0.25) is 0 Å². The van der Waals surface area contributed by atoms with Gasteiger partial charge in [-0.15, -0.1) is 24.0 Å². The highest BCUT2D eigenvalue weighted by molar-refractivity contribution is 14.0. The van der Waals surface area contributed by atoms with E-state index in [9.17, 15) is 4.39 Å². The quantitative estimate of drug-likeness (QED) is 0.365. The Hall–Kier alpha value is -1.16. The van der Waals surface area contributed by atoms with Crippen LogP contribution in [-0.4, -0.2) is 67.7 Å². The van der Waals surface area contributed by atoms with E-state index in [1.165, 1.54) is 32.0 Å².